The van der Waals surface area contributed by atoms with E-state index in [4.69, 9.17) is 9.47 Å². The highest BCUT2D eigenvalue weighted by molar-refractivity contribution is 9.10. The lowest BCUT2D eigenvalue weighted by Gasteiger charge is -2.39. The third-order valence-corrected chi connectivity index (χ3v) is 6.81. The minimum absolute atomic E-state index is 0.276. The van der Waals surface area contributed by atoms with E-state index in [0.29, 0.717) is 0 Å². The van der Waals surface area contributed by atoms with E-state index >= 15 is 0 Å². The van der Waals surface area contributed by atoms with Gasteiger partial charge in [0.2, 0.25) is 0 Å². The molecule has 144 valence electrons. The first-order chi connectivity index (χ1) is 13.3. The van der Waals surface area contributed by atoms with Gasteiger partial charge in [-0.2, -0.15) is 0 Å². The molecule has 2 spiro atoms. The van der Waals surface area contributed by atoms with E-state index in [1.54, 1.807) is 14.1 Å². The fourth-order valence-corrected chi connectivity index (χ4v) is 4.59. The summed E-state index contributed by atoms with van der Waals surface area (Å²) in [5.74, 6) is -0.552. The first kappa shape index (κ1) is 18.3. The number of benzene rings is 2. The Morgan fingerprint density at radius 3 is 1.36 bits per heavy atom. The zero-order valence-corrected chi connectivity index (χ0v) is 18.2. The maximum atomic E-state index is 13.3. The normalized spacial score (nSPS) is 33.7. The second-order valence-electron chi connectivity index (χ2n) is 7.22. The van der Waals surface area contributed by atoms with Crippen molar-refractivity contribution >= 4 is 43.7 Å². The molecule has 2 aromatic rings. The van der Waals surface area contributed by atoms with Crippen molar-refractivity contribution in [1.82, 2.24) is 9.80 Å². The van der Waals surface area contributed by atoms with Gasteiger partial charge in [0.15, 0.2) is 0 Å². The molecule has 3 saturated heterocycles. The monoisotopic (exact) mass is 506 g/mol. The first-order valence-electron chi connectivity index (χ1n) is 8.75. The van der Waals surface area contributed by atoms with Crippen molar-refractivity contribution in [2.45, 2.75) is 23.7 Å². The van der Waals surface area contributed by atoms with E-state index in [1.165, 1.54) is 9.80 Å². The second kappa shape index (κ2) is 5.89. The van der Waals surface area contributed by atoms with Crippen LogP contribution in [0, 0.1) is 0 Å². The van der Waals surface area contributed by atoms with Crippen molar-refractivity contribution in [3.63, 3.8) is 0 Å². The topological polar surface area (TPSA) is 65.7 Å². The Bertz CT molecular complexity index is 915. The Labute approximate surface area is 178 Å². The smallest absolute Gasteiger partial charge is 0.281 e. The van der Waals surface area contributed by atoms with Crippen molar-refractivity contribution < 1.29 is 19.1 Å². The quantitative estimate of drug-likeness (QED) is 0.584. The molecule has 4 atom stereocenters. The van der Waals surface area contributed by atoms with Gasteiger partial charge in [-0.3, -0.25) is 9.59 Å². The van der Waals surface area contributed by atoms with Crippen LogP contribution in [-0.4, -0.2) is 47.2 Å². The first-order valence-corrected chi connectivity index (χ1v) is 10.3. The van der Waals surface area contributed by atoms with Crippen LogP contribution in [-0.2, 0) is 19.1 Å². The molecule has 6 nitrogen and oxygen atoms in total. The van der Waals surface area contributed by atoms with Crippen LogP contribution >= 0.6 is 31.9 Å². The van der Waals surface area contributed by atoms with Crippen LogP contribution in [0.15, 0.2) is 57.5 Å². The number of rotatable bonds is 2. The summed E-state index contributed by atoms with van der Waals surface area (Å²) in [6.45, 7) is 0. The number of epoxide rings is 2. The predicted molar refractivity (Wildman–Crippen MR) is 107 cm³/mol. The van der Waals surface area contributed by atoms with Gasteiger partial charge in [0.05, 0.1) is 0 Å². The molecule has 0 unspecified atom stereocenters. The molecule has 3 aliphatic heterocycles. The van der Waals surface area contributed by atoms with Gasteiger partial charge in [-0.1, -0.05) is 56.1 Å². The van der Waals surface area contributed by atoms with Crippen molar-refractivity contribution in [3.05, 3.63) is 68.6 Å². The molecule has 3 fully saturated rings. The highest BCUT2D eigenvalue weighted by Crippen LogP contribution is 2.62. The highest BCUT2D eigenvalue weighted by atomic mass is 79.9. The maximum absolute atomic E-state index is 13.3. The number of hydrogen-bond acceptors (Lipinski definition) is 4. The number of carbonyl (C=O) groups excluding carboxylic acids is 2. The number of nitrogens with zero attached hydrogens (tertiary/aromatic N) is 2. The number of halogens is 2. The van der Waals surface area contributed by atoms with E-state index < -0.39 is 23.7 Å². The molecule has 5 rings (SSSR count). The van der Waals surface area contributed by atoms with Crippen LogP contribution in [0.1, 0.15) is 23.3 Å². The third kappa shape index (κ3) is 2.26. The predicted octanol–water partition coefficient (Wildman–Crippen LogP) is 3.38. The molecular weight excluding hydrogens is 492 g/mol. The number of piperazine rings is 1. The molecule has 0 aromatic heterocycles. The van der Waals surface area contributed by atoms with Crippen LogP contribution in [0.25, 0.3) is 0 Å². The van der Waals surface area contributed by atoms with Gasteiger partial charge in [-0.25, -0.2) is 0 Å². The molecular formula is C20H16Br2N2O4. The Hall–Kier alpha value is -1.74. The van der Waals surface area contributed by atoms with Gasteiger partial charge in [-0.05, 0) is 35.4 Å². The number of amides is 2. The Balaban J connectivity index is 1.47. The van der Waals surface area contributed by atoms with Crippen LogP contribution in [0.4, 0.5) is 0 Å². The summed E-state index contributed by atoms with van der Waals surface area (Å²) in [6.07, 6.45) is -0.988. The molecule has 28 heavy (non-hydrogen) atoms. The largest absolute Gasteiger partial charge is 0.331 e. The van der Waals surface area contributed by atoms with Crippen LogP contribution in [0.2, 0.25) is 0 Å². The average Bonchev–Trinajstić information content (AvgIpc) is 3.60. The molecule has 8 heteroatoms. The van der Waals surface area contributed by atoms with E-state index in [1.807, 2.05) is 48.5 Å². The number of ether oxygens (including phenoxy) is 2. The van der Waals surface area contributed by atoms with Gasteiger partial charge < -0.3 is 19.3 Å². The molecule has 0 N–H and O–H groups in total. The third-order valence-electron chi connectivity index (χ3n) is 5.76. The molecule has 3 heterocycles. The van der Waals surface area contributed by atoms with Gasteiger partial charge >= 0.3 is 0 Å². The standard InChI is InChI=1S/C20H16Br2N2O4/c1-23-17(25)20(16(28-20)12-5-9-14(22)10-6-12)24(2)18(26)19(23)15(27-19)11-3-7-13(21)8-4-11/h3-10,15-16H,1-2H3/t15-,16-,19-,20-/m0/s1. The van der Waals surface area contributed by atoms with Crippen molar-refractivity contribution in [3.8, 4) is 0 Å². The van der Waals surface area contributed by atoms with Crippen LogP contribution in [0.3, 0.4) is 0 Å². The number of likely N-dealkylation sites (N-methyl/N-ethyl adjacent to an activating group) is 2. The summed E-state index contributed by atoms with van der Waals surface area (Å²) in [5.41, 5.74) is -0.911. The Kier molecular flexibility index (Phi) is 3.85. The van der Waals surface area contributed by atoms with Gasteiger partial charge in [0.1, 0.15) is 12.2 Å². The van der Waals surface area contributed by atoms with Gasteiger partial charge in [0.25, 0.3) is 23.3 Å². The summed E-state index contributed by atoms with van der Waals surface area (Å²) in [6, 6.07) is 15.1. The minimum Gasteiger partial charge on any atom is -0.331 e. The summed E-state index contributed by atoms with van der Waals surface area (Å²) in [5, 5.41) is 0. The van der Waals surface area contributed by atoms with Gasteiger partial charge in [0, 0.05) is 23.0 Å². The van der Waals surface area contributed by atoms with E-state index in [0.717, 1.165) is 20.1 Å². The van der Waals surface area contributed by atoms with E-state index in [9.17, 15) is 9.59 Å². The summed E-state index contributed by atoms with van der Waals surface area (Å²) < 4.78 is 13.6. The Morgan fingerprint density at radius 2 is 1.04 bits per heavy atom. The van der Waals surface area contributed by atoms with Gasteiger partial charge in [-0.15, -0.1) is 0 Å². The Morgan fingerprint density at radius 1 is 0.714 bits per heavy atom. The van der Waals surface area contributed by atoms with Crippen molar-refractivity contribution in [2.24, 2.45) is 0 Å². The second-order valence-corrected chi connectivity index (χ2v) is 9.05. The van der Waals surface area contributed by atoms with Crippen LogP contribution in [0.5, 0.6) is 0 Å². The summed E-state index contributed by atoms with van der Waals surface area (Å²) >= 11 is 6.80. The molecule has 0 aliphatic carbocycles. The maximum Gasteiger partial charge on any atom is 0.281 e. The average molecular weight is 508 g/mol. The lowest BCUT2D eigenvalue weighted by Crippen LogP contribution is -2.67. The van der Waals surface area contributed by atoms with Crippen molar-refractivity contribution in [2.75, 3.05) is 14.1 Å². The van der Waals surface area contributed by atoms with E-state index in [2.05, 4.69) is 31.9 Å². The molecule has 0 saturated carbocycles. The molecule has 0 radical (unpaired) electrons. The zero-order chi connectivity index (χ0) is 19.8. The summed E-state index contributed by atoms with van der Waals surface area (Å²) in [7, 11) is 3.21. The van der Waals surface area contributed by atoms with E-state index in [-0.39, 0.29) is 11.8 Å². The zero-order valence-electron chi connectivity index (χ0n) is 15.1. The fraction of sp³-hybridized carbons (Fsp3) is 0.300. The molecule has 2 amide bonds. The lowest BCUT2D eigenvalue weighted by molar-refractivity contribution is -0.175. The number of hydrogen-bond donors (Lipinski definition) is 0. The molecule has 0 bridgehead atoms. The highest BCUT2D eigenvalue weighted by Gasteiger charge is 2.81. The minimum atomic E-state index is -1.30. The molecule has 2 aromatic carbocycles. The fourth-order valence-electron chi connectivity index (χ4n) is 4.06. The SMILES string of the molecule is CN1C(=O)[C@]2(O[C@H]2c2ccc(Br)cc2)N(C)C(=O)[C@]12O[C@H]2c1ccc(Br)cc1. The summed E-state index contributed by atoms with van der Waals surface area (Å²) in [4.78, 5) is 29.4. The van der Waals surface area contributed by atoms with Crippen LogP contribution < -0.4 is 0 Å². The lowest BCUT2D eigenvalue weighted by atomic mass is 9.95. The van der Waals surface area contributed by atoms with Crippen molar-refractivity contribution in [1.29, 1.82) is 0 Å². The number of carbonyl (C=O) groups is 2. The molecule has 3 aliphatic rings.